The molecule has 1 spiro atoms. The van der Waals surface area contributed by atoms with Gasteiger partial charge in [-0.3, -0.25) is 0 Å². The number of nitrogens with zero attached hydrogens (tertiary/aromatic N) is 2. The highest BCUT2D eigenvalue weighted by Crippen LogP contribution is 2.47. The largest absolute Gasteiger partial charge is 0.591 e. The third-order valence-electron chi connectivity index (χ3n) is 5.35. The van der Waals surface area contributed by atoms with E-state index >= 15 is 0 Å². The number of likely N-dealkylation sites (tertiary alicyclic amines) is 1. The molecule has 1 atom stereocenters. The molecule has 1 amide bonds. The van der Waals surface area contributed by atoms with Crippen LogP contribution < -0.4 is 4.74 Å². The lowest BCUT2D eigenvalue weighted by Gasteiger charge is -2.38. The maximum atomic E-state index is 14.4. The minimum Gasteiger partial charge on any atom is -0.591 e. The van der Waals surface area contributed by atoms with Crippen LogP contribution in [0.5, 0.6) is 5.75 Å². The molecule has 27 heavy (non-hydrogen) atoms. The van der Waals surface area contributed by atoms with Gasteiger partial charge in [0, 0.05) is 24.1 Å². The minimum absolute atomic E-state index is 0.171. The summed E-state index contributed by atoms with van der Waals surface area (Å²) in [6.07, 6.45) is 0.813. The highest BCUT2D eigenvalue weighted by atomic mass is 32.2. The number of hydrogen-bond donors (Lipinski definition) is 1. The Labute approximate surface area is 161 Å². The van der Waals surface area contributed by atoms with Crippen LogP contribution in [0.25, 0.3) is 0 Å². The number of ether oxygens (including phenoxy) is 1. The number of carboxylic acid groups (broad SMARTS) is 1. The zero-order chi connectivity index (χ0) is 20.0. The number of hydrogen-bond acceptors (Lipinski definition) is 4. The van der Waals surface area contributed by atoms with Crippen LogP contribution in [0.1, 0.15) is 44.7 Å². The van der Waals surface area contributed by atoms with E-state index in [9.17, 15) is 18.8 Å². The number of benzene rings is 1. The van der Waals surface area contributed by atoms with Gasteiger partial charge in [-0.2, -0.15) is 0 Å². The molecule has 8 heteroatoms. The molecule has 1 N–H and O–H groups in total. The fraction of sp³-hybridized carbons (Fsp3) is 0.579. The smallest absolute Gasteiger partial charge is 0.407 e. The van der Waals surface area contributed by atoms with Crippen molar-refractivity contribution in [2.24, 2.45) is 9.81 Å². The van der Waals surface area contributed by atoms with Crippen molar-refractivity contribution in [1.29, 1.82) is 0 Å². The van der Waals surface area contributed by atoms with Gasteiger partial charge in [0.25, 0.3) is 0 Å². The molecule has 1 saturated heterocycles. The van der Waals surface area contributed by atoms with Crippen molar-refractivity contribution in [3.05, 3.63) is 29.1 Å². The van der Waals surface area contributed by atoms with Crippen LogP contribution >= 0.6 is 0 Å². The molecule has 1 fully saturated rings. The maximum Gasteiger partial charge on any atom is 0.407 e. The number of fused-ring (bicyclic) bond motifs is 1. The van der Waals surface area contributed by atoms with Gasteiger partial charge in [0.1, 0.15) is 21.8 Å². The molecule has 6 nitrogen and oxygen atoms in total. The first-order valence-corrected chi connectivity index (χ1v) is 10.0. The number of halogens is 1. The monoisotopic (exact) mass is 396 g/mol. The Balaban J connectivity index is 2.06. The first-order chi connectivity index (χ1) is 12.6. The highest BCUT2D eigenvalue weighted by molar-refractivity contribution is 7.91. The van der Waals surface area contributed by atoms with Crippen molar-refractivity contribution in [2.75, 3.05) is 20.2 Å². The van der Waals surface area contributed by atoms with Gasteiger partial charge < -0.3 is 19.3 Å². The van der Waals surface area contributed by atoms with E-state index < -0.39 is 33.4 Å². The van der Waals surface area contributed by atoms with E-state index in [2.05, 4.69) is 4.40 Å². The summed E-state index contributed by atoms with van der Waals surface area (Å²) in [7, 11) is 1.42. The average molecular weight is 396 g/mol. The van der Waals surface area contributed by atoms with Crippen LogP contribution in [-0.4, -0.2) is 51.3 Å². The van der Waals surface area contributed by atoms with Crippen LogP contribution in [0.15, 0.2) is 16.5 Å². The van der Waals surface area contributed by atoms with Gasteiger partial charge in [0.2, 0.25) is 0 Å². The van der Waals surface area contributed by atoms with Crippen LogP contribution in [0.2, 0.25) is 0 Å². The summed E-state index contributed by atoms with van der Waals surface area (Å²) in [4.78, 5) is 12.7. The van der Waals surface area contributed by atoms with Crippen LogP contribution in [0.3, 0.4) is 0 Å². The Kier molecular flexibility index (Phi) is 5.16. The van der Waals surface area contributed by atoms with E-state index in [4.69, 9.17) is 4.74 Å². The number of rotatable bonds is 2. The molecule has 1 heterocycles. The van der Waals surface area contributed by atoms with E-state index in [1.807, 2.05) is 20.8 Å². The Morgan fingerprint density at radius 1 is 1.37 bits per heavy atom. The lowest BCUT2D eigenvalue weighted by atomic mass is 9.74. The number of amides is 1. The van der Waals surface area contributed by atoms with Crippen molar-refractivity contribution in [3.63, 3.8) is 0 Å². The summed E-state index contributed by atoms with van der Waals surface area (Å²) >= 11 is -1.49. The first kappa shape index (κ1) is 19.9. The first-order valence-electron chi connectivity index (χ1n) is 8.93. The quantitative estimate of drug-likeness (QED) is 0.777. The summed E-state index contributed by atoms with van der Waals surface area (Å²) in [5.41, 5.74) is 1.78. The van der Waals surface area contributed by atoms with E-state index in [1.54, 1.807) is 6.07 Å². The van der Waals surface area contributed by atoms with E-state index in [-0.39, 0.29) is 5.75 Å². The molecule has 1 aliphatic heterocycles. The second-order valence-corrected chi connectivity index (χ2v) is 10.1. The molecular formula is C19H25FN2O4S. The van der Waals surface area contributed by atoms with Gasteiger partial charge in [0.15, 0.2) is 11.6 Å². The zero-order valence-corrected chi connectivity index (χ0v) is 16.9. The SMILES string of the molecule is COc1cc2c(cc1F)C(=N[S+]([O-])C(C)(C)C)C1(CCN(C(=O)O)CC1)C2. The maximum absolute atomic E-state index is 14.4. The summed E-state index contributed by atoms with van der Waals surface area (Å²) in [5.74, 6) is -0.310. The fourth-order valence-corrected chi connectivity index (χ4v) is 4.49. The Morgan fingerprint density at radius 2 is 2.00 bits per heavy atom. The molecule has 0 aromatic heterocycles. The van der Waals surface area contributed by atoms with E-state index in [0.717, 1.165) is 5.56 Å². The molecule has 0 radical (unpaired) electrons. The van der Waals surface area contributed by atoms with Crippen molar-refractivity contribution in [3.8, 4) is 5.75 Å². The van der Waals surface area contributed by atoms with Crippen molar-refractivity contribution >= 4 is 23.2 Å². The van der Waals surface area contributed by atoms with E-state index in [0.29, 0.717) is 43.6 Å². The van der Waals surface area contributed by atoms with Crippen LogP contribution in [0.4, 0.5) is 9.18 Å². The standard InChI is InChI=1S/C19H25FN2O4S/c1-18(2,3)27(25)21-16-13-10-14(20)15(26-4)9-12(13)11-19(16)5-7-22(8-6-19)17(23)24/h9-10H,5-8,11H2,1-4H3,(H,23,24). The van der Waals surface area contributed by atoms with Crippen molar-refractivity contribution in [1.82, 2.24) is 4.90 Å². The van der Waals surface area contributed by atoms with Crippen molar-refractivity contribution in [2.45, 2.75) is 44.8 Å². The molecule has 1 aromatic carbocycles. The second kappa shape index (κ2) is 6.98. The second-order valence-electron chi connectivity index (χ2n) is 8.17. The predicted octanol–water partition coefficient (Wildman–Crippen LogP) is 3.40. The zero-order valence-electron chi connectivity index (χ0n) is 16.0. The third-order valence-corrected chi connectivity index (χ3v) is 6.75. The normalized spacial score (nSPS) is 21.4. The van der Waals surface area contributed by atoms with Crippen LogP contribution in [-0.2, 0) is 17.8 Å². The molecule has 0 saturated carbocycles. The van der Waals surface area contributed by atoms with E-state index in [1.165, 1.54) is 18.1 Å². The summed E-state index contributed by atoms with van der Waals surface area (Å²) in [6, 6.07) is 3.09. The van der Waals surface area contributed by atoms with Crippen LogP contribution in [0, 0.1) is 11.2 Å². The van der Waals surface area contributed by atoms with Gasteiger partial charge in [0.05, 0.1) is 7.11 Å². The topological polar surface area (TPSA) is 85.2 Å². The Hall–Kier alpha value is -1.80. The highest BCUT2D eigenvalue weighted by Gasteiger charge is 2.48. The fourth-order valence-electron chi connectivity index (χ4n) is 3.76. The number of piperidine rings is 1. The lowest BCUT2D eigenvalue weighted by molar-refractivity contribution is 0.115. The predicted molar refractivity (Wildman–Crippen MR) is 102 cm³/mol. The van der Waals surface area contributed by atoms with Crippen molar-refractivity contribution < 1.29 is 23.6 Å². The molecule has 1 aromatic rings. The van der Waals surface area contributed by atoms with Gasteiger partial charge >= 0.3 is 6.09 Å². The van der Waals surface area contributed by atoms with Gasteiger partial charge in [-0.25, -0.2) is 9.18 Å². The molecule has 0 bridgehead atoms. The molecule has 148 valence electrons. The summed E-state index contributed by atoms with van der Waals surface area (Å²) in [5, 5.41) is 9.25. The molecular weight excluding hydrogens is 371 g/mol. The number of carbonyl (C=O) groups is 1. The molecule has 1 unspecified atom stereocenters. The molecule has 1 aliphatic carbocycles. The Bertz CT molecular complexity index is 783. The lowest BCUT2D eigenvalue weighted by Crippen LogP contribution is -2.45. The van der Waals surface area contributed by atoms with Gasteiger partial charge in [-0.1, -0.05) is 4.40 Å². The molecule has 2 aliphatic rings. The average Bonchev–Trinajstić information content (AvgIpc) is 2.86. The summed E-state index contributed by atoms with van der Waals surface area (Å²) < 4.78 is 36.2. The Morgan fingerprint density at radius 3 is 2.52 bits per heavy atom. The summed E-state index contributed by atoms with van der Waals surface area (Å²) in [6.45, 7) is 6.29. The minimum atomic E-state index is -1.49. The third kappa shape index (κ3) is 3.65. The van der Waals surface area contributed by atoms with Gasteiger partial charge in [-0.15, -0.1) is 0 Å². The molecule has 3 rings (SSSR count). The number of methoxy groups -OCH3 is 1. The van der Waals surface area contributed by atoms with Gasteiger partial charge in [-0.05, 0) is 57.7 Å².